The molecule has 3 aromatic rings. The minimum atomic E-state index is -0.515. The number of nitrogens with zero attached hydrogens (tertiary/aromatic N) is 4. The molecule has 144 valence electrons. The molecule has 2 heterocycles. The lowest BCUT2D eigenvalue weighted by molar-refractivity contribution is -0.384. The maximum atomic E-state index is 11.5. The summed E-state index contributed by atoms with van der Waals surface area (Å²) in [6.07, 6.45) is 1.33. The van der Waals surface area contributed by atoms with Crippen LogP contribution in [0.25, 0.3) is 11.5 Å². The van der Waals surface area contributed by atoms with Gasteiger partial charge in [0.2, 0.25) is 11.0 Å². The molecule has 0 unspecified atom stereocenters. The Morgan fingerprint density at radius 2 is 2.14 bits per heavy atom. The lowest BCUT2D eigenvalue weighted by Crippen LogP contribution is -2.07. The summed E-state index contributed by atoms with van der Waals surface area (Å²) in [5.74, 6) is -0.721. The predicted octanol–water partition coefficient (Wildman–Crippen LogP) is 3.27. The number of oxazole rings is 1. The number of carbonyl (C=O) groups is 1. The smallest absolute Gasteiger partial charge is 0.312 e. The zero-order chi connectivity index (χ0) is 20.1. The van der Waals surface area contributed by atoms with Crippen LogP contribution in [0.1, 0.15) is 18.3 Å². The van der Waals surface area contributed by atoms with Crippen LogP contribution in [0.3, 0.4) is 0 Å². The first-order valence-corrected chi connectivity index (χ1v) is 8.93. The number of aliphatic imine (C=N–C) groups is 1. The number of hydrogen-bond donors (Lipinski definition) is 1. The minimum Gasteiger partial charge on any atom is -0.479 e. The quantitative estimate of drug-likeness (QED) is 0.275. The maximum Gasteiger partial charge on any atom is 0.312 e. The van der Waals surface area contributed by atoms with E-state index in [0.717, 1.165) is 0 Å². The Kier molecular flexibility index (Phi) is 5.75. The average Bonchev–Trinajstić information content (AvgIpc) is 3.26. The summed E-state index contributed by atoms with van der Waals surface area (Å²) >= 11 is 1.22. The molecule has 0 saturated carbocycles. The second-order valence-corrected chi connectivity index (χ2v) is 6.21. The average molecular weight is 402 g/mol. The summed E-state index contributed by atoms with van der Waals surface area (Å²) in [5, 5.41) is 22.7. The van der Waals surface area contributed by atoms with Gasteiger partial charge in [0, 0.05) is 23.1 Å². The van der Waals surface area contributed by atoms with Crippen LogP contribution < -0.4 is 0 Å². The van der Waals surface area contributed by atoms with Gasteiger partial charge in [-0.15, -0.1) is 11.3 Å². The number of aromatic hydroxyl groups is 1. The highest BCUT2D eigenvalue weighted by Crippen LogP contribution is 2.27. The number of nitro groups is 1. The van der Waals surface area contributed by atoms with Crippen molar-refractivity contribution in [3.63, 3.8) is 0 Å². The Bertz CT molecular complexity index is 1020. The van der Waals surface area contributed by atoms with Crippen molar-refractivity contribution in [3.05, 3.63) is 51.1 Å². The largest absolute Gasteiger partial charge is 0.479 e. The van der Waals surface area contributed by atoms with Crippen molar-refractivity contribution in [2.45, 2.75) is 13.3 Å². The number of non-ortho nitro benzene ring substituents is 1. The van der Waals surface area contributed by atoms with Gasteiger partial charge < -0.3 is 14.3 Å². The van der Waals surface area contributed by atoms with Crippen LogP contribution in [-0.4, -0.2) is 38.8 Å². The number of rotatable bonds is 7. The van der Waals surface area contributed by atoms with Gasteiger partial charge in [0.25, 0.3) is 5.69 Å². The van der Waals surface area contributed by atoms with E-state index in [-0.39, 0.29) is 29.7 Å². The van der Waals surface area contributed by atoms with Gasteiger partial charge in [-0.25, -0.2) is 15.0 Å². The third kappa shape index (κ3) is 4.57. The van der Waals surface area contributed by atoms with Crippen LogP contribution in [0, 0.1) is 10.1 Å². The number of ether oxygens (including phenoxy) is 1. The van der Waals surface area contributed by atoms with E-state index in [9.17, 15) is 20.0 Å². The summed E-state index contributed by atoms with van der Waals surface area (Å²) in [7, 11) is 0. The molecule has 0 aliphatic heterocycles. The van der Waals surface area contributed by atoms with Gasteiger partial charge >= 0.3 is 11.9 Å². The van der Waals surface area contributed by atoms with Crippen molar-refractivity contribution in [1.29, 1.82) is 0 Å². The summed E-state index contributed by atoms with van der Waals surface area (Å²) in [6.45, 7) is 2.03. The molecule has 1 N–H and O–H groups in total. The molecule has 0 amide bonds. The molecule has 10 nitrogen and oxygen atoms in total. The van der Waals surface area contributed by atoms with Crippen molar-refractivity contribution in [2.24, 2.45) is 4.99 Å². The number of benzene rings is 1. The topological polar surface area (TPSA) is 141 Å². The molecule has 0 bridgehead atoms. The number of hydrogen-bond acceptors (Lipinski definition) is 10. The fourth-order valence-electron chi connectivity index (χ4n) is 2.17. The van der Waals surface area contributed by atoms with E-state index in [1.807, 2.05) is 0 Å². The molecule has 28 heavy (non-hydrogen) atoms. The van der Waals surface area contributed by atoms with Gasteiger partial charge in [-0.1, -0.05) is 0 Å². The lowest BCUT2D eigenvalue weighted by atomic mass is 10.2. The normalized spacial score (nSPS) is 11.0. The number of esters is 1. The Balaban J connectivity index is 1.72. The molecule has 0 fully saturated rings. The fourth-order valence-corrected chi connectivity index (χ4v) is 2.83. The fraction of sp³-hybridized carbons (Fsp3) is 0.176. The van der Waals surface area contributed by atoms with E-state index >= 15 is 0 Å². The highest BCUT2D eigenvalue weighted by atomic mass is 32.1. The highest BCUT2D eigenvalue weighted by molar-refractivity contribution is 7.13. The number of carbonyl (C=O) groups excluding carboxylic acids is 1. The molecular weight excluding hydrogens is 388 g/mol. The Morgan fingerprint density at radius 1 is 1.39 bits per heavy atom. The molecule has 0 aliphatic carbocycles. The second-order valence-electron chi connectivity index (χ2n) is 5.37. The Labute approximate surface area is 162 Å². The van der Waals surface area contributed by atoms with Crippen molar-refractivity contribution in [1.82, 2.24) is 9.97 Å². The molecule has 0 radical (unpaired) electrons. The van der Waals surface area contributed by atoms with E-state index in [1.165, 1.54) is 41.8 Å². The summed E-state index contributed by atoms with van der Waals surface area (Å²) in [4.78, 5) is 34.1. The van der Waals surface area contributed by atoms with Crippen LogP contribution in [-0.2, 0) is 16.0 Å². The molecule has 0 aliphatic rings. The van der Waals surface area contributed by atoms with Crippen molar-refractivity contribution < 1.29 is 24.0 Å². The molecule has 0 spiro atoms. The highest BCUT2D eigenvalue weighted by Gasteiger charge is 2.14. The molecule has 2 aromatic heterocycles. The lowest BCUT2D eigenvalue weighted by Gasteiger charge is -1.97. The Hall–Kier alpha value is -3.60. The first-order valence-electron chi connectivity index (χ1n) is 8.05. The van der Waals surface area contributed by atoms with Gasteiger partial charge in [0.05, 0.1) is 29.9 Å². The van der Waals surface area contributed by atoms with E-state index < -0.39 is 10.9 Å². The van der Waals surface area contributed by atoms with Gasteiger partial charge in [-0.2, -0.15) is 0 Å². The van der Waals surface area contributed by atoms with Crippen LogP contribution in [0.5, 0.6) is 5.95 Å². The maximum absolute atomic E-state index is 11.5. The summed E-state index contributed by atoms with van der Waals surface area (Å²) < 4.78 is 10.0. The third-order valence-electron chi connectivity index (χ3n) is 3.43. The van der Waals surface area contributed by atoms with Gasteiger partial charge in [0.1, 0.15) is 0 Å². The summed E-state index contributed by atoms with van der Waals surface area (Å²) in [6, 6.07) is 5.55. The van der Waals surface area contributed by atoms with Gasteiger partial charge in [0.15, 0.2) is 5.69 Å². The molecule has 0 saturated heterocycles. The first-order chi connectivity index (χ1) is 13.5. The molecular formula is C17H14N4O6S. The monoisotopic (exact) mass is 402 g/mol. The molecule has 0 atom stereocenters. The zero-order valence-corrected chi connectivity index (χ0v) is 15.4. The standard InChI is InChI=1S/C17H14N4O6S/c1-2-26-14(22)7-11-9-28-17(19-11)18-8-13-16(23)27-15(20-13)10-3-5-12(6-4-10)21(24)25/h3-6,8-9,23H,2,7H2,1H3/b18-8+. The van der Waals surface area contributed by atoms with Crippen molar-refractivity contribution in [2.75, 3.05) is 6.61 Å². The van der Waals surface area contributed by atoms with Gasteiger partial charge in [-0.05, 0) is 19.1 Å². The third-order valence-corrected chi connectivity index (χ3v) is 4.22. The summed E-state index contributed by atoms with van der Waals surface area (Å²) in [5.41, 5.74) is 1.01. The van der Waals surface area contributed by atoms with Crippen LogP contribution in [0.15, 0.2) is 39.1 Å². The van der Waals surface area contributed by atoms with Gasteiger partial charge in [-0.3, -0.25) is 14.9 Å². The molecule has 11 heteroatoms. The van der Waals surface area contributed by atoms with Crippen molar-refractivity contribution in [3.8, 4) is 17.4 Å². The van der Waals surface area contributed by atoms with E-state index in [0.29, 0.717) is 23.0 Å². The SMILES string of the molecule is CCOC(=O)Cc1csc(/N=C/c2nc(-c3ccc([N+](=O)[O-])cc3)oc2O)n1. The van der Waals surface area contributed by atoms with Crippen molar-refractivity contribution >= 4 is 34.3 Å². The van der Waals surface area contributed by atoms with E-state index in [4.69, 9.17) is 9.15 Å². The molecule has 3 rings (SSSR count). The number of nitro benzene ring substituents is 1. The van der Waals surface area contributed by atoms with E-state index in [1.54, 1.807) is 12.3 Å². The number of thiazole rings is 1. The minimum absolute atomic E-state index is 0.0549. The van der Waals surface area contributed by atoms with Crippen LogP contribution in [0.4, 0.5) is 10.8 Å². The first kappa shape index (κ1) is 19.2. The van der Waals surface area contributed by atoms with E-state index in [2.05, 4.69) is 15.0 Å². The van der Waals surface area contributed by atoms with Crippen LogP contribution >= 0.6 is 11.3 Å². The second kappa shape index (κ2) is 8.39. The predicted molar refractivity (Wildman–Crippen MR) is 100.0 cm³/mol. The molecule has 1 aromatic carbocycles. The van der Waals surface area contributed by atoms with Crippen LogP contribution in [0.2, 0.25) is 0 Å². The zero-order valence-electron chi connectivity index (χ0n) is 14.6. The Morgan fingerprint density at radius 3 is 2.82 bits per heavy atom. The number of aromatic nitrogens is 2.